The predicted octanol–water partition coefficient (Wildman–Crippen LogP) is 3.50. The molecule has 0 radical (unpaired) electrons. The van der Waals surface area contributed by atoms with Crippen LogP contribution in [0.1, 0.15) is 32.7 Å². The molecule has 1 N–H and O–H groups in total. The molecule has 0 bridgehead atoms. The van der Waals surface area contributed by atoms with Crippen LogP contribution in [0.4, 0.5) is 0 Å². The van der Waals surface area contributed by atoms with Gasteiger partial charge < -0.3 is 5.32 Å². The fourth-order valence-corrected chi connectivity index (χ4v) is 3.90. The molecule has 0 amide bonds. The number of fused-ring (bicyclic) bond motifs is 1. The molecular weight excluding hydrogens is 278 g/mol. The largest absolute Gasteiger partial charge is 0.311 e. The Hall–Kier alpha value is -0.970. The van der Waals surface area contributed by atoms with Crippen molar-refractivity contribution in [2.45, 2.75) is 45.8 Å². The van der Waals surface area contributed by atoms with Gasteiger partial charge in [-0.2, -0.15) is 0 Å². The Morgan fingerprint density at radius 1 is 1.38 bits per heavy atom. The Bertz CT molecular complexity index is 584. The molecule has 0 aliphatic carbocycles. The Balaban J connectivity index is 1.80. The quantitative estimate of drug-likeness (QED) is 0.940. The average Bonchev–Trinajstić information content (AvgIpc) is 2.83. The third-order valence-corrected chi connectivity index (χ3v) is 5.56. The summed E-state index contributed by atoms with van der Waals surface area (Å²) in [6.07, 6.45) is 0. The third-order valence-electron chi connectivity index (χ3n) is 4.54. The number of aromatic nitrogens is 1. The van der Waals surface area contributed by atoms with Gasteiger partial charge in [-0.15, -0.1) is 11.3 Å². The maximum Gasteiger partial charge on any atom is 0.108 e. The molecule has 1 atom stereocenters. The van der Waals surface area contributed by atoms with Crippen molar-refractivity contribution < 1.29 is 0 Å². The van der Waals surface area contributed by atoms with Crippen LogP contribution in [-0.2, 0) is 6.54 Å². The van der Waals surface area contributed by atoms with E-state index in [0.29, 0.717) is 12.0 Å². The second kappa shape index (κ2) is 5.67. The fourth-order valence-electron chi connectivity index (χ4n) is 2.92. The van der Waals surface area contributed by atoms with Crippen molar-refractivity contribution in [1.29, 1.82) is 0 Å². The molecule has 2 aromatic rings. The highest BCUT2D eigenvalue weighted by atomic mass is 32.1. The molecule has 4 heteroatoms. The van der Waals surface area contributed by atoms with E-state index in [1.165, 1.54) is 9.71 Å². The summed E-state index contributed by atoms with van der Waals surface area (Å²) in [5.41, 5.74) is 1.31. The van der Waals surface area contributed by atoms with E-state index in [0.717, 1.165) is 25.2 Å². The van der Waals surface area contributed by atoms with E-state index >= 15 is 0 Å². The van der Waals surface area contributed by atoms with Crippen molar-refractivity contribution in [2.24, 2.45) is 5.92 Å². The van der Waals surface area contributed by atoms with Gasteiger partial charge in [-0.05, 0) is 31.9 Å². The highest BCUT2D eigenvalue weighted by Gasteiger charge is 2.35. The van der Waals surface area contributed by atoms with Crippen LogP contribution in [0.3, 0.4) is 0 Å². The number of thiazole rings is 1. The zero-order valence-electron chi connectivity index (χ0n) is 13.4. The minimum absolute atomic E-state index is 0.184. The summed E-state index contributed by atoms with van der Waals surface area (Å²) < 4.78 is 1.29. The van der Waals surface area contributed by atoms with E-state index in [1.807, 2.05) is 11.3 Å². The number of nitrogens with zero attached hydrogens (tertiary/aromatic N) is 2. The number of hydrogen-bond acceptors (Lipinski definition) is 4. The maximum absolute atomic E-state index is 4.80. The minimum atomic E-state index is 0.184. The highest BCUT2D eigenvalue weighted by Crippen LogP contribution is 2.27. The van der Waals surface area contributed by atoms with Crippen LogP contribution in [0.5, 0.6) is 0 Å². The van der Waals surface area contributed by atoms with E-state index in [-0.39, 0.29) is 5.54 Å². The molecule has 114 valence electrons. The monoisotopic (exact) mass is 303 g/mol. The molecule has 0 saturated carbocycles. The molecule has 2 heterocycles. The number of hydrogen-bond donors (Lipinski definition) is 1. The zero-order valence-corrected chi connectivity index (χ0v) is 14.2. The molecule has 1 saturated heterocycles. The van der Waals surface area contributed by atoms with Gasteiger partial charge in [0, 0.05) is 24.7 Å². The number of piperazine rings is 1. The summed E-state index contributed by atoms with van der Waals surface area (Å²) in [5.74, 6) is 0.666. The van der Waals surface area contributed by atoms with Gasteiger partial charge in [-0.25, -0.2) is 4.98 Å². The van der Waals surface area contributed by atoms with Crippen molar-refractivity contribution in [3.63, 3.8) is 0 Å². The summed E-state index contributed by atoms with van der Waals surface area (Å²) in [5, 5.41) is 4.92. The first-order valence-corrected chi connectivity index (χ1v) is 8.60. The lowest BCUT2D eigenvalue weighted by Crippen LogP contribution is -2.62. The second-order valence-corrected chi connectivity index (χ2v) is 8.11. The van der Waals surface area contributed by atoms with Gasteiger partial charge in [0.25, 0.3) is 0 Å². The van der Waals surface area contributed by atoms with E-state index in [2.05, 4.69) is 62.2 Å². The fraction of sp³-hybridized carbons (Fsp3) is 0.588. The summed E-state index contributed by atoms with van der Waals surface area (Å²) >= 11 is 1.83. The Morgan fingerprint density at radius 3 is 2.86 bits per heavy atom. The van der Waals surface area contributed by atoms with Crippen molar-refractivity contribution >= 4 is 21.6 Å². The normalized spacial score (nSPS) is 23.0. The number of benzene rings is 1. The van der Waals surface area contributed by atoms with Crippen LogP contribution in [0.25, 0.3) is 10.2 Å². The van der Waals surface area contributed by atoms with E-state index < -0.39 is 0 Å². The zero-order chi connectivity index (χ0) is 15.0. The molecule has 1 aromatic carbocycles. The molecule has 1 aliphatic heterocycles. The van der Waals surface area contributed by atoms with Crippen molar-refractivity contribution in [2.75, 3.05) is 13.1 Å². The molecule has 1 fully saturated rings. The van der Waals surface area contributed by atoms with Gasteiger partial charge in [0.1, 0.15) is 5.01 Å². The van der Waals surface area contributed by atoms with Crippen molar-refractivity contribution in [1.82, 2.24) is 15.2 Å². The molecule has 0 spiro atoms. The molecule has 1 unspecified atom stereocenters. The molecule has 1 aromatic heterocycles. The highest BCUT2D eigenvalue weighted by molar-refractivity contribution is 7.18. The molecular formula is C17H25N3S. The van der Waals surface area contributed by atoms with Gasteiger partial charge in [0.05, 0.1) is 16.8 Å². The van der Waals surface area contributed by atoms with Gasteiger partial charge in [-0.3, -0.25) is 4.90 Å². The summed E-state index contributed by atoms with van der Waals surface area (Å²) in [6, 6.07) is 9.00. The van der Waals surface area contributed by atoms with Crippen molar-refractivity contribution in [3.05, 3.63) is 29.3 Å². The van der Waals surface area contributed by atoms with Crippen LogP contribution < -0.4 is 5.32 Å². The maximum atomic E-state index is 4.80. The Kier molecular flexibility index (Phi) is 4.04. The lowest BCUT2D eigenvalue weighted by Gasteiger charge is -2.47. The first-order chi connectivity index (χ1) is 9.95. The lowest BCUT2D eigenvalue weighted by atomic mass is 9.93. The van der Waals surface area contributed by atoms with E-state index in [1.54, 1.807) is 0 Å². The Labute approximate surface area is 131 Å². The molecule has 21 heavy (non-hydrogen) atoms. The van der Waals surface area contributed by atoms with Crippen LogP contribution >= 0.6 is 11.3 Å². The van der Waals surface area contributed by atoms with Gasteiger partial charge in [-0.1, -0.05) is 26.0 Å². The van der Waals surface area contributed by atoms with Crippen LogP contribution in [0.2, 0.25) is 0 Å². The second-order valence-electron chi connectivity index (χ2n) is 7.00. The molecule has 1 aliphatic rings. The lowest BCUT2D eigenvalue weighted by molar-refractivity contribution is 0.0474. The van der Waals surface area contributed by atoms with Crippen LogP contribution in [-0.4, -0.2) is 34.6 Å². The Morgan fingerprint density at radius 2 is 2.14 bits per heavy atom. The topological polar surface area (TPSA) is 28.2 Å². The number of para-hydroxylation sites is 1. The first kappa shape index (κ1) is 14.9. The smallest absolute Gasteiger partial charge is 0.108 e. The number of nitrogens with one attached hydrogen (secondary N) is 1. The first-order valence-electron chi connectivity index (χ1n) is 7.78. The van der Waals surface area contributed by atoms with E-state index in [9.17, 15) is 0 Å². The minimum Gasteiger partial charge on any atom is -0.311 e. The third kappa shape index (κ3) is 3.12. The molecule has 3 nitrogen and oxygen atoms in total. The van der Waals surface area contributed by atoms with Crippen LogP contribution in [0.15, 0.2) is 24.3 Å². The van der Waals surface area contributed by atoms with Crippen molar-refractivity contribution in [3.8, 4) is 0 Å². The van der Waals surface area contributed by atoms with Gasteiger partial charge >= 0.3 is 0 Å². The summed E-state index contributed by atoms with van der Waals surface area (Å²) in [4.78, 5) is 7.39. The summed E-state index contributed by atoms with van der Waals surface area (Å²) in [6.45, 7) is 12.3. The predicted molar refractivity (Wildman–Crippen MR) is 90.7 cm³/mol. The van der Waals surface area contributed by atoms with Gasteiger partial charge in [0.2, 0.25) is 0 Å². The standard InChI is InChI=1S/C17H25N3S/c1-12(2)14-9-20(17(3,4)11-18-14)10-16-19-13-7-5-6-8-15(13)21-16/h5-8,12,14,18H,9-11H2,1-4H3. The molecule has 3 rings (SSSR count). The summed E-state index contributed by atoms with van der Waals surface area (Å²) in [7, 11) is 0. The van der Waals surface area contributed by atoms with Gasteiger partial charge in [0.15, 0.2) is 0 Å². The van der Waals surface area contributed by atoms with E-state index in [4.69, 9.17) is 4.98 Å². The SMILES string of the molecule is CC(C)C1CN(Cc2nc3ccccc3s2)C(C)(C)CN1. The average molecular weight is 303 g/mol. The number of rotatable bonds is 3. The van der Waals surface area contributed by atoms with Crippen LogP contribution in [0, 0.1) is 5.92 Å².